The summed E-state index contributed by atoms with van der Waals surface area (Å²) in [5.74, 6) is -0.246. The molecule has 13 nitrogen and oxygen atoms in total. The van der Waals surface area contributed by atoms with Crippen LogP contribution in [0.25, 0.3) is 0 Å². The van der Waals surface area contributed by atoms with Crippen LogP contribution in [0.3, 0.4) is 0 Å². The number of urea groups is 2. The number of nitrogens with zero attached hydrogens (tertiary/aromatic N) is 1. The van der Waals surface area contributed by atoms with Gasteiger partial charge in [-0.3, -0.25) is 4.79 Å². The Morgan fingerprint density at radius 3 is 2.49 bits per heavy atom. The third-order valence-electron chi connectivity index (χ3n) is 6.59. The van der Waals surface area contributed by atoms with E-state index < -0.39 is 13.1 Å². The number of carbonyl (C=O) groups excluding carboxylic acids is 3. The molecule has 1 aliphatic heterocycles. The molecule has 1 aromatic rings. The van der Waals surface area contributed by atoms with Gasteiger partial charge in [0.15, 0.2) is 0 Å². The number of hydrogen-bond donors (Lipinski definition) is 8. The summed E-state index contributed by atoms with van der Waals surface area (Å²) < 4.78 is 5.58. The quantitative estimate of drug-likeness (QED) is 0.145. The zero-order chi connectivity index (χ0) is 26.8. The highest BCUT2D eigenvalue weighted by molar-refractivity contribution is 6.46. The number of nitrogens with two attached hydrogens (primary N) is 2. The van der Waals surface area contributed by atoms with E-state index in [1.54, 1.807) is 17.0 Å². The zero-order valence-electron chi connectivity index (χ0n) is 20.9. The molecule has 5 amide bonds. The molecular formula is C23H38BN7O6. The fourth-order valence-electron chi connectivity index (χ4n) is 4.66. The molecule has 0 saturated heterocycles. The minimum atomic E-state index is -1.21. The molecule has 0 spiro atoms. The molecule has 2 aliphatic rings. The van der Waals surface area contributed by atoms with Crippen LogP contribution in [0.5, 0.6) is 5.75 Å². The maximum atomic E-state index is 12.7. The molecule has 0 aromatic heterocycles. The lowest BCUT2D eigenvalue weighted by atomic mass is 9.71. The lowest BCUT2D eigenvalue weighted by molar-refractivity contribution is -0.123. The van der Waals surface area contributed by atoms with Crippen LogP contribution >= 0.6 is 0 Å². The topological polar surface area (TPSA) is 204 Å². The number of amides is 5. The number of benzene rings is 1. The number of para-hydroxylation sites is 1. The van der Waals surface area contributed by atoms with E-state index in [9.17, 15) is 24.5 Å². The average Bonchev–Trinajstić information content (AvgIpc) is 2.86. The monoisotopic (exact) mass is 519 g/mol. The van der Waals surface area contributed by atoms with Crippen LogP contribution in [-0.2, 0) is 17.8 Å². The maximum absolute atomic E-state index is 12.7. The normalized spacial score (nSPS) is 20.1. The summed E-state index contributed by atoms with van der Waals surface area (Å²) in [6.45, 7) is 1.74. The van der Waals surface area contributed by atoms with Gasteiger partial charge in [0.1, 0.15) is 5.75 Å². The Kier molecular flexibility index (Phi) is 10.8. The van der Waals surface area contributed by atoms with Gasteiger partial charge in [-0.05, 0) is 30.7 Å². The van der Waals surface area contributed by atoms with Gasteiger partial charge in [-0.15, -0.1) is 0 Å². The Hall–Kier alpha value is -3.07. The van der Waals surface area contributed by atoms with Crippen molar-refractivity contribution in [3.63, 3.8) is 0 Å². The summed E-state index contributed by atoms with van der Waals surface area (Å²) in [6, 6.07) is 4.71. The minimum Gasteiger partial charge on any atom is -0.534 e. The van der Waals surface area contributed by atoms with E-state index in [2.05, 4.69) is 21.3 Å². The lowest BCUT2D eigenvalue weighted by Gasteiger charge is -2.43. The van der Waals surface area contributed by atoms with Gasteiger partial charge in [-0.2, -0.15) is 0 Å². The molecule has 0 bridgehead atoms. The molecule has 204 valence electrons. The summed E-state index contributed by atoms with van der Waals surface area (Å²) in [6.07, 6.45) is 1.95. The van der Waals surface area contributed by atoms with Gasteiger partial charge in [0.2, 0.25) is 5.91 Å². The molecule has 14 heteroatoms. The first kappa shape index (κ1) is 28.5. The third kappa shape index (κ3) is 7.96. The lowest BCUT2D eigenvalue weighted by Crippen LogP contribution is -2.56. The molecule has 1 fully saturated rings. The number of hydrogen-bond acceptors (Lipinski definition) is 8. The first-order valence-corrected chi connectivity index (χ1v) is 12.7. The van der Waals surface area contributed by atoms with Crippen molar-refractivity contribution in [2.45, 2.75) is 44.3 Å². The summed E-state index contributed by atoms with van der Waals surface area (Å²) in [5.41, 5.74) is 12.3. The maximum Gasteiger partial charge on any atom is 0.547 e. The molecule has 1 atom stereocenters. The Morgan fingerprint density at radius 2 is 1.78 bits per heavy atom. The van der Waals surface area contributed by atoms with Crippen molar-refractivity contribution >= 4 is 25.1 Å². The smallest absolute Gasteiger partial charge is 0.534 e. The SMILES string of the molecule is NCCNC(=O)NCCN(C(=O)NCCN)C1CC(CC(=O)NC2Cc3cccc(CO)c3OB2O)C1. The highest BCUT2D eigenvalue weighted by Crippen LogP contribution is 2.35. The first-order chi connectivity index (χ1) is 17.9. The Labute approximate surface area is 216 Å². The molecular weight excluding hydrogens is 481 g/mol. The molecule has 1 aliphatic carbocycles. The summed E-state index contributed by atoms with van der Waals surface area (Å²) >= 11 is 0. The van der Waals surface area contributed by atoms with E-state index in [1.165, 1.54) is 0 Å². The van der Waals surface area contributed by atoms with E-state index >= 15 is 0 Å². The Balaban J connectivity index is 1.47. The minimum absolute atomic E-state index is 0.0585. The van der Waals surface area contributed by atoms with Crippen LogP contribution in [0.2, 0.25) is 0 Å². The van der Waals surface area contributed by atoms with Gasteiger partial charge in [0.05, 0.1) is 12.5 Å². The number of carbonyl (C=O) groups is 3. The molecule has 1 heterocycles. The van der Waals surface area contributed by atoms with E-state index in [-0.39, 0.29) is 49.5 Å². The predicted octanol–water partition coefficient (Wildman–Crippen LogP) is -1.98. The third-order valence-corrected chi connectivity index (χ3v) is 6.59. The first-order valence-electron chi connectivity index (χ1n) is 12.7. The second-order valence-corrected chi connectivity index (χ2v) is 9.33. The van der Waals surface area contributed by atoms with Crippen molar-refractivity contribution in [3.05, 3.63) is 29.3 Å². The van der Waals surface area contributed by atoms with Crippen LogP contribution in [0.4, 0.5) is 9.59 Å². The second kappa shape index (κ2) is 14.0. The number of fused-ring (bicyclic) bond motifs is 1. The van der Waals surface area contributed by atoms with Crippen LogP contribution < -0.4 is 37.4 Å². The Bertz CT molecular complexity index is 933. The van der Waals surface area contributed by atoms with Gasteiger partial charge in [-0.25, -0.2) is 9.59 Å². The average molecular weight is 519 g/mol. The van der Waals surface area contributed by atoms with Crippen molar-refractivity contribution in [3.8, 4) is 5.75 Å². The van der Waals surface area contributed by atoms with Crippen molar-refractivity contribution < 1.29 is 29.2 Å². The van der Waals surface area contributed by atoms with E-state index in [1.807, 2.05) is 6.07 Å². The van der Waals surface area contributed by atoms with E-state index in [0.29, 0.717) is 63.3 Å². The molecule has 0 radical (unpaired) electrons. The summed E-state index contributed by atoms with van der Waals surface area (Å²) in [7, 11) is -1.21. The molecule has 1 saturated carbocycles. The Morgan fingerprint density at radius 1 is 1.08 bits per heavy atom. The molecule has 3 rings (SSSR count). The zero-order valence-corrected chi connectivity index (χ0v) is 20.9. The van der Waals surface area contributed by atoms with E-state index in [0.717, 1.165) is 5.56 Å². The highest BCUT2D eigenvalue weighted by Gasteiger charge is 2.40. The van der Waals surface area contributed by atoms with Crippen molar-refractivity contribution in [2.75, 3.05) is 39.3 Å². The predicted molar refractivity (Wildman–Crippen MR) is 137 cm³/mol. The standard InChI is InChI=1S/C23H38BN7O6/c25-4-6-27-22(34)28-8-9-31(23(35)29-7-5-26)18-10-15(11-18)12-20(33)30-19-13-16-2-1-3-17(14-32)21(16)37-24(19)36/h1-3,15,18-19,32,36H,4-14,25-26H2,(H,29,35)(H,30,33)(H2,27,28,34). The molecule has 1 unspecified atom stereocenters. The van der Waals surface area contributed by atoms with Crippen LogP contribution in [-0.4, -0.2) is 91.4 Å². The van der Waals surface area contributed by atoms with Crippen LogP contribution in [0.15, 0.2) is 18.2 Å². The highest BCUT2D eigenvalue weighted by atomic mass is 16.5. The summed E-state index contributed by atoms with van der Waals surface area (Å²) in [4.78, 5) is 38.7. The van der Waals surface area contributed by atoms with Crippen molar-refractivity contribution in [1.82, 2.24) is 26.2 Å². The summed E-state index contributed by atoms with van der Waals surface area (Å²) in [5, 5.41) is 30.8. The molecule has 10 N–H and O–H groups in total. The van der Waals surface area contributed by atoms with Gasteiger partial charge < -0.3 is 52.4 Å². The van der Waals surface area contributed by atoms with Gasteiger partial charge in [-0.1, -0.05) is 18.2 Å². The number of nitrogens with one attached hydrogen (secondary N) is 4. The second-order valence-electron chi connectivity index (χ2n) is 9.33. The van der Waals surface area contributed by atoms with Crippen molar-refractivity contribution in [2.24, 2.45) is 17.4 Å². The van der Waals surface area contributed by atoms with Gasteiger partial charge in [0, 0.05) is 57.3 Å². The fraction of sp³-hybridized carbons (Fsp3) is 0.609. The molecule has 37 heavy (non-hydrogen) atoms. The van der Waals surface area contributed by atoms with E-state index in [4.69, 9.17) is 16.1 Å². The van der Waals surface area contributed by atoms with Crippen molar-refractivity contribution in [1.29, 1.82) is 0 Å². The largest absolute Gasteiger partial charge is 0.547 e. The molecule has 1 aromatic carbocycles. The van der Waals surface area contributed by atoms with Crippen LogP contribution in [0, 0.1) is 5.92 Å². The van der Waals surface area contributed by atoms with Gasteiger partial charge in [0.25, 0.3) is 0 Å². The number of aliphatic hydroxyl groups is 1. The fourth-order valence-corrected chi connectivity index (χ4v) is 4.66. The van der Waals surface area contributed by atoms with Crippen LogP contribution in [0.1, 0.15) is 30.4 Å². The number of rotatable bonds is 12. The van der Waals surface area contributed by atoms with Gasteiger partial charge >= 0.3 is 19.2 Å². The number of aliphatic hydroxyl groups excluding tert-OH is 1.